The third-order valence-electron chi connectivity index (χ3n) is 10.3. The molecule has 1 aromatic carbocycles. The summed E-state index contributed by atoms with van der Waals surface area (Å²) >= 11 is 0. The van der Waals surface area contributed by atoms with E-state index in [9.17, 15) is 19.8 Å². The van der Waals surface area contributed by atoms with Crippen LogP contribution in [0.15, 0.2) is 42.0 Å². The lowest BCUT2D eigenvalue weighted by atomic mass is 9.96. The highest BCUT2D eigenvalue weighted by Gasteiger charge is 2.18. The summed E-state index contributed by atoms with van der Waals surface area (Å²) in [5.74, 6) is -0.599. The maximum absolute atomic E-state index is 11.6. The second-order valence-corrected chi connectivity index (χ2v) is 14.9. The summed E-state index contributed by atoms with van der Waals surface area (Å²) in [5.41, 5.74) is 1.57. The van der Waals surface area contributed by atoms with Crippen LogP contribution in [0, 0.1) is 0 Å². The Morgan fingerprint density at radius 1 is 0.460 bits per heavy atom. The van der Waals surface area contributed by atoms with Gasteiger partial charge in [-0.05, 0) is 43.4 Å². The summed E-state index contributed by atoms with van der Waals surface area (Å²) in [6.07, 6.45) is 47.1. The Hall–Kier alpha value is -2.36. The van der Waals surface area contributed by atoms with Crippen molar-refractivity contribution in [3.8, 4) is 11.5 Å². The first-order valence-electron chi connectivity index (χ1n) is 21.5. The van der Waals surface area contributed by atoms with Gasteiger partial charge >= 0.3 is 0 Å². The van der Waals surface area contributed by atoms with Crippen molar-refractivity contribution in [2.24, 2.45) is 0 Å². The topological polar surface area (TPSA) is 74.6 Å². The number of hydrogen-bond acceptors (Lipinski definition) is 4. The first-order valence-corrected chi connectivity index (χ1v) is 21.5. The van der Waals surface area contributed by atoms with Gasteiger partial charge in [0.2, 0.25) is 11.6 Å². The molecule has 0 aliphatic heterocycles. The molecular weight excluding hydrogens is 617 g/mol. The number of Topliss-reactive ketones (excluding diaryl/α,β-unsaturated/α-hetero) is 1. The Morgan fingerprint density at radius 3 is 1.22 bits per heavy atom. The largest absolute Gasteiger partial charge is 0.504 e. The van der Waals surface area contributed by atoms with Gasteiger partial charge in [-0.15, -0.1) is 0 Å². The number of aryl methyl sites for hydroxylation is 1. The number of carbonyl (C=O) groups is 2. The van der Waals surface area contributed by atoms with Crippen LogP contribution in [0.3, 0.4) is 0 Å². The van der Waals surface area contributed by atoms with Gasteiger partial charge in [-0.1, -0.05) is 218 Å². The van der Waals surface area contributed by atoms with Gasteiger partial charge in [0.1, 0.15) is 0 Å². The monoisotopic (exact) mass is 695 g/mol. The van der Waals surface area contributed by atoms with Crippen LogP contribution in [-0.2, 0) is 16.0 Å². The summed E-state index contributed by atoms with van der Waals surface area (Å²) < 4.78 is 0. The number of allylic oxidation sites excluding steroid dienone is 4. The summed E-state index contributed by atoms with van der Waals surface area (Å²) in [6.45, 7) is 4.55. The first kappa shape index (κ1) is 45.7. The minimum atomic E-state index is -0.363. The molecule has 0 radical (unpaired) electrons. The van der Waals surface area contributed by atoms with Crippen molar-refractivity contribution in [2.75, 3.05) is 0 Å². The molecule has 0 saturated heterocycles. The lowest BCUT2D eigenvalue weighted by Crippen LogP contribution is -2.16. The second-order valence-electron chi connectivity index (χ2n) is 14.9. The molecule has 286 valence electrons. The average Bonchev–Trinajstić information content (AvgIpc) is 3.12. The van der Waals surface area contributed by atoms with Crippen molar-refractivity contribution in [3.63, 3.8) is 0 Å². The number of para-hydroxylation sites is 1. The quantitative estimate of drug-likeness (QED) is 0.0341. The number of carbonyl (C=O) groups excluding carboxylic acids is 2. The molecule has 4 heteroatoms. The molecule has 0 spiro atoms. The molecule has 0 aromatic heterocycles. The van der Waals surface area contributed by atoms with E-state index in [-0.39, 0.29) is 23.1 Å². The van der Waals surface area contributed by atoms with Crippen LogP contribution in [0.4, 0.5) is 0 Å². The molecule has 1 aliphatic carbocycles. The van der Waals surface area contributed by atoms with E-state index in [1.165, 1.54) is 192 Å². The number of phenols is 2. The summed E-state index contributed by atoms with van der Waals surface area (Å²) in [6, 6.07) is 5.24. The number of rotatable bonds is 32. The maximum Gasteiger partial charge on any atom is 0.228 e. The van der Waals surface area contributed by atoms with E-state index >= 15 is 0 Å². The fourth-order valence-corrected chi connectivity index (χ4v) is 6.91. The van der Waals surface area contributed by atoms with Crippen molar-refractivity contribution in [2.45, 2.75) is 219 Å². The smallest absolute Gasteiger partial charge is 0.228 e. The summed E-state index contributed by atoms with van der Waals surface area (Å²) in [4.78, 5) is 22.9. The van der Waals surface area contributed by atoms with Gasteiger partial charge in [0.15, 0.2) is 11.5 Å². The van der Waals surface area contributed by atoms with Crippen LogP contribution in [0.25, 0.3) is 0 Å². The summed E-state index contributed by atoms with van der Waals surface area (Å²) in [5, 5.41) is 19.2. The first-order chi connectivity index (χ1) is 24.5. The van der Waals surface area contributed by atoms with E-state index in [2.05, 4.69) is 13.8 Å². The van der Waals surface area contributed by atoms with Gasteiger partial charge in [-0.3, -0.25) is 9.59 Å². The van der Waals surface area contributed by atoms with Gasteiger partial charge in [0.25, 0.3) is 0 Å². The molecular formula is C46H78O4. The van der Waals surface area contributed by atoms with E-state index in [0.717, 1.165) is 31.2 Å². The number of benzene rings is 1. The number of hydrogen-bond donors (Lipinski definition) is 2. The third-order valence-corrected chi connectivity index (χ3v) is 10.3. The Morgan fingerprint density at radius 2 is 0.820 bits per heavy atom. The third kappa shape index (κ3) is 25.6. The van der Waals surface area contributed by atoms with Crippen LogP contribution in [0.1, 0.15) is 218 Å². The van der Waals surface area contributed by atoms with Crippen LogP contribution in [0.2, 0.25) is 0 Å². The number of aromatic hydroxyl groups is 2. The Labute approximate surface area is 309 Å². The fraction of sp³-hybridized carbons (Fsp3) is 0.739. The zero-order valence-corrected chi connectivity index (χ0v) is 32.8. The van der Waals surface area contributed by atoms with Crippen LogP contribution >= 0.6 is 0 Å². The van der Waals surface area contributed by atoms with E-state index in [1.807, 2.05) is 6.07 Å². The molecule has 50 heavy (non-hydrogen) atoms. The minimum Gasteiger partial charge on any atom is -0.504 e. The van der Waals surface area contributed by atoms with E-state index in [0.29, 0.717) is 5.57 Å². The van der Waals surface area contributed by atoms with Crippen LogP contribution in [-0.4, -0.2) is 21.8 Å². The number of phenolic OH excluding ortho intramolecular Hbond substituents is 2. The van der Waals surface area contributed by atoms with Crippen molar-refractivity contribution < 1.29 is 19.8 Å². The van der Waals surface area contributed by atoms with Crippen molar-refractivity contribution in [3.05, 3.63) is 47.6 Å². The molecule has 0 heterocycles. The average molecular weight is 695 g/mol. The number of ketones is 2. The van der Waals surface area contributed by atoms with E-state index in [1.54, 1.807) is 18.2 Å². The highest BCUT2D eigenvalue weighted by Crippen LogP contribution is 2.29. The van der Waals surface area contributed by atoms with Crippen molar-refractivity contribution in [1.82, 2.24) is 0 Å². The predicted molar refractivity (Wildman–Crippen MR) is 215 cm³/mol. The minimum absolute atomic E-state index is 0.00143. The predicted octanol–water partition coefficient (Wildman–Crippen LogP) is 14.4. The molecule has 0 fully saturated rings. The van der Waals surface area contributed by atoms with Gasteiger partial charge in [0.05, 0.1) is 0 Å². The second kappa shape index (κ2) is 33.8. The van der Waals surface area contributed by atoms with Crippen molar-refractivity contribution in [1.29, 1.82) is 0 Å². The highest BCUT2D eigenvalue weighted by molar-refractivity contribution is 6.48. The Bertz CT molecular complexity index is 1020. The van der Waals surface area contributed by atoms with Gasteiger partial charge < -0.3 is 10.2 Å². The SMILES string of the molecule is CCCCCCCCCCCCCCCCCC1=CC=CC(=O)C1=O.CCCCCCCCCCCCCCCCCc1cccc(O)c1O. The van der Waals surface area contributed by atoms with Gasteiger partial charge in [-0.25, -0.2) is 0 Å². The molecule has 0 amide bonds. The molecule has 1 aliphatic rings. The molecule has 0 bridgehead atoms. The summed E-state index contributed by atoms with van der Waals surface area (Å²) in [7, 11) is 0. The fourth-order valence-electron chi connectivity index (χ4n) is 6.91. The molecule has 4 nitrogen and oxygen atoms in total. The zero-order chi connectivity index (χ0) is 36.3. The zero-order valence-electron chi connectivity index (χ0n) is 32.8. The molecule has 2 rings (SSSR count). The van der Waals surface area contributed by atoms with Crippen LogP contribution in [0.5, 0.6) is 11.5 Å². The molecule has 0 atom stereocenters. The normalized spacial score (nSPS) is 12.6. The van der Waals surface area contributed by atoms with Gasteiger partial charge in [0, 0.05) is 5.57 Å². The maximum atomic E-state index is 11.6. The molecule has 2 N–H and O–H groups in total. The van der Waals surface area contributed by atoms with Gasteiger partial charge in [-0.2, -0.15) is 0 Å². The molecule has 0 unspecified atom stereocenters. The standard InChI is InChI=1S/C23H40O2.C23H38O2/c2*1-2-3-4-5-6-7-8-9-10-11-12-13-14-15-16-18-21-19-17-20-22(24)23(21)25/h17,19-20,24-25H,2-16,18H2,1H3;17,19-20H,2-16,18H2,1H3. The lowest BCUT2D eigenvalue weighted by molar-refractivity contribution is -0.131. The Kier molecular flexibility index (Phi) is 30.8. The molecule has 1 aromatic rings. The number of unbranched alkanes of at least 4 members (excludes halogenated alkanes) is 28. The van der Waals surface area contributed by atoms with Crippen LogP contribution < -0.4 is 0 Å². The molecule has 0 saturated carbocycles. The van der Waals surface area contributed by atoms with Crippen molar-refractivity contribution >= 4 is 11.6 Å². The highest BCUT2D eigenvalue weighted by atomic mass is 16.3. The Balaban J connectivity index is 0.000000500. The van der Waals surface area contributed by atoms with E-state index in [4.69, 9.17) is 0 Å². The lowest BCUT2D eigenvalue weighted by Gasteiger charge is -2.07. The van der Waals surface area contributed by atoms with E-state index < -0.39 is 0 Å².